The molecule has 18 heavy (non-hydrogen) atoms. The van der Waals surface area contributed by atoms with Crippen molar-refractivity contribution in [2.45, 2.75) is 27.2 Å². The zero-order valence-corrected chi connectivity index (χ0v) is 11.4. The van der Waals surface area contributed by atoms with E-state index in [1.807, 2.05) is 18.2 Å². The number of benzene rings is 1. The highest BCUT2D eigenvalue weighted by atomic mass is 16.5. The first-order valence-corrected chi connectivity index (χ1v) is 6.60. The molecule has 0 N–H and O–H groups in total. The first-order chi connectivity index (χ1) is 8.58. The average molecular weight is 247 g/mol. The van der Waals surface area contributed by atoms with Crippen LogP contribution in [0.3, 0.4) is 0 Å². The van der Waals surface area contributed by atoms with Gasteiger partial charge < -0.3 is 9.64 Å². The predicted octanol–water partition coefficient (Wildman–Crippen LogP) is 3.13. The van der Waals surface area contributed by atoms with Gasteiger partial charge in [-0.15, -0.1) is 0 Å². The SMILES string of the molecule is CC(=O)c1ccc2c(c1)N(CCC(C)C)CCO2. The smallest absolute Gasteiger partial charge is 0.159 e. The molecule has 1 heterocycles. The number of Topliss-reactive ketones (excluding diaryl/α,β-unsaturated/α-hetero) is 1. The molecule has 0 saturated carbocycles. The van der Waals surface area contributed by atoms with Gasteiger partial charge in [-0.3, -0.25) is 4.79 Å². The van der Waals surface area contributed by atoms with Crippen LogP contribution in [0.4, 0.5) is 5.69 Å². The summed E-state index contributed by atoms with van der Waals surface area (Å²) in [5.74, 6) is 1.69. The van der Waals surface area contributed by atoms with Crippen LogP contribution in [0.15, 0.2) is 18.2 Å². The van der Waals surface area contributed by atoms with E-state index in [4.69, 9.17) is 4.74 Å². The van der Waals surface area contributed by atoms with E-state index < -0.39 is 0 Å². The summed E-state index contributed by atoms with van der Waals surface area (Å²) in [6.07, 6.45) is 1.16. The van der Waals surface area contributed by atoms with Gasteiger partial charge in [0.2, 0.25) is 0 Å². The van der Waals surface area contributed by atoms with Crippen LogP contribution >= 0.6 is 0 Å². The Balaban J connectivity index is 2.23. The van der Waals surface area contributed by atoms with E-state index in [0.29, 0.717) is 5.92 Å². The Kier molecular flexibility index (Phi) is 3.90. The lowest BCUT2D eigenvalue weighted by molar-refractivity contribution is 0.101. The Labute approximate surface area is 109 Å². The largest absolute Gasteiger partial charge is 0.490 e. The maximum Gasteiger partial charge on any atom is 0.159 e. The second-order valence-corrected chi connectivity index (χ2v) is 5.26. The van der Waals surface area contributed by atoms with E-state index in [2.05, 4.69) is 18.7 Å². The number of ketones is 1. The number of nitrogens with zero attached hydrogens (tertiary/aromatic N) is 1. The van der Waals surface area contributed by atoms with Gasteiger partial charge in [-0.1, -0.05) is 13.8 Å². The molecule has 0 bridgehead atoms. The number of hydrogen-bond donors (Lipinski definition) is 0. The fourth-order valence-corrected chi connectivity index (χ4v) is 2.14. The third-order valence-corrected chi connectivity index (χ3v) is 3.30. The molecule has 0 unspecified atom stereocenters. The van der Waals surface area contributed by atoms with Gasteiger partial charge in [0.25, 0.3) is 0 Å². The van der Waals surface area contributed by atoms with Crippen molar-refractivity contribution in [2.24, 2.45) is 5.92 Å². The number of carbonyl (C=O) groups excluding carboxylic acids is 1. The van der Waals surface area contributed by atoms with Crippen molar-refractivity contribution >= 4 is 11.5 Å². The van der Waals surface area contributed by atoms with Crippen molar-refractivity contribution in [3.05, 3.63) is 23.8 Å². The van der Waals surface area contributed by atoms with E-state index in [0.717, 1.165) is 43.1 Å². The van der Waals surface area contributed by atoms with Crippen LogP contribution in [-0.4, -0.2) is 25.5 Å². The molecule has 0 fully saturated rings. The molecule has 0 spiro atoms. The molecule has 0 saturated heterocycles. The van der Waals surface area contributed by atoms with Crippen molar-refractivity contribution in [1.82, 2.24) is 0 Å². The summed E-state index contributed by atoms with van der Waals surface area (Å²) in [7, 11) is 0. The van der Waals surface area contributed by atoms with Crippen LogP contribution in [0.25, 0.3) is 0 Å². The van der Waals surface area contributed by atoms with Gasteiger partial charge >= 0.3 is 0 Å². The molecule has 98 valence electrons. The molecule has 1 aliphatic rings. The summed E-state index contributed by atoms with van der Waals surface area (Å²) in [6.45, 7) is 8.71. The summed E-state index contributed by atoms with van der Waals surface area (Å²) < 4.78 is 5.64. The number of fused-ring (bicyclic) bond motifs is 1. The molecule has 0 aromatic heterocycles. The fraction of sp³-hybridized carbons (Fsp3) is 0.533. The summed E-state index contributed by atoms with van der Waals surface area (Å²) in [5, 5.41) is 0. The van der Waals surface area contributed by atoms with Gasteiger partial charge in [-0.05, 0) is 37.5 Å². The molecule has 2 rings (SSSR count). The van der Waals surface area contributed by atoms with Crippen LogP contribution in [-0.2, 0) is 0 Å². The van der Waals surface area contributed by atoms with E-state index in [1.54, 1.807) is 6.92 Å². The summed E-state index contributed by atoms with van der Waals surface area (Å²) in [6, 6.07) is 5.71. The molecular weight excluding hydrogens is 226 g/mol. The number of anilines is 1. The Hall–Kier alpha value is -1.51. The summed E-state index contributed by atoms with van der Waals surface area (Å²) in [5.41, 5.74) is 1.82. The van der Waals surface area contributed by atoms with Gasteiger partial charge in [-0.25, -0.2) is 0 Å². The van der Waals surface area contributed by atoms with Crippen LogP contribution in [0.2, 0.25) is 0 Å². The molecule has 1 aromatic rings. The van der Waals surface area contributed by atoms with Crippen LogP contribution < -0.4 is 9.64 Å². The Morgan fingerprint density at radius 2 is 2.22 bits per heavy atom. The molecule has 0 atom stereocenters. The monoisotopic (exact) mass is 247 g/mol. The minimum absolute atomic E-state index is 0.104. The van der Waals surface area contributed by atoms with E-state index in [-0.39, 0.29) is 5.78 Å². The number of rotatable bonds is 4. The zero-order chi connectivity index (χ0) is 13.1. The highest BCUT2D eigenvalue weighted by molar-refractivity contribution is 5.95. The Morgan fingerprint density at radius 3 is 2.89 bits per heavy atom. The van der Waals surface area contributed by atoms with Gasteiger partial charge in [0.05, 0.1) is 12.2 Å². The number of carbonyl (C=O) groups is 1. The molecule has 0 aliphatic carbocycles. The van der Waals surface area contributed by atoms with Crippen molar-refractivity contribution < 1.29 is 9.53 Å². The van der Waals surface area contributed by atoms with Crippen molar-refractivity contribution in [1.29, 1.82) is 0 Å². The average Bonchev–Trinajstić information content (AvgIpc) is 2.35. The zero-order valence-electron chi connectivity index (χ0n) is 11.4. The van der Waals surface area contributed by atoms with Gasteiger partial charge in [0.15, 0.2) is 5.78 Å². The molecule has 1 aromatic carbocycles. The normalized spacial score (nSPS) is 14.3. The molecular formula is C15H21NO2. The molecule has 0 amide bonds. The van der Waals surface area contributed by atoms with Crippen molar-refractivity contribution in [2.75, 3.05) is 24.6 Å². The van der Waals surface area contributed by atoms with Crippen molar-refractivity contribution in [3.8, 4) is 5.75 Å². The Morgan fingerprint density at radius 1 is 1.44 bits per heavy atom. The lowest BCUT2D eigenvalue weighted by Crippen LogP contribution is -2.34. The van der Waals surface area contributed by atoms with Gasteiger partial charge in [-0.2, -0.15) is 0 Å². The quantitative estimate of drug-likeness (QED) is 0.766. The van der Waals surface area contributed by atoms with Crippen LogP contribution in [0.5, 0.6) is 5.75 Å². The van der Waals surface area contributed by atoms with E-state index in [1.165, 1.54) is 0 Å². The van der Waals surface area contributed by atoms with Crippen LogP contribution in [0.1, 0.15) is 37.6 Å². The highest BCUT2D eigenvalue weighted by Crippen LogP contribution is 2.32. The minimum Gasteiger partial charge on any atom is -0.490 e. The number of hydrogen-bond acceptors (Lipinski definition) is 3. The maximum atomic E-state index is 11.4. The maximum absolute atomic E-state index is 11.4. The highest BCUT2D eigenvalue weighted by Gasteiger charge is 2.19. The molecule has 3 nitrogen and oxygen atoms in total. The van der Waals surface area contributed by atoms with Crippen molar-refractivity contribution in [3.63, 3.8) is 0 Å². The first kappa shape index (κ1) is 12.9. The lowest BCUT2D eigenvalue weighted by Gasteiger charge is -2.32. The Bertz CT molecular complexity index is 440. The topological polar surface area (TPSA) is 29.5 Å². The lowest BCUT2D eigenvalue weighted by atomic mass is 10.1. The van der Waals surface area contributed by atoms with Gasteiger partial charge in [0.1, 0.15) is 12.4 Å². The predicted molar refractivity (Wildman–Crippen MR) is 73.6 cm³/mol. The van der Waals surface area contributed by atoms with E-state index in [9.17, 15) is 4.79 Å². The third-order valence-electron chi connectivity index (χ3n) is 3.30. The summed E-state index contributed by atoms with van der Waals surface area (Å²) in [4.78, 5) is 13.8. The first-order valence-electron chi connectivity index (χ1n) is 6.60. The summed E-state index contributed by atoms with van der Waals surface area (Å²) >= 11 is 0. The standard InChI is InChI=1S/C15H21NO2/c1-11(2)6-7-16-8-9-18-15-5-4-13(12(3)17)10-14(15)16/h4-5,10-11H,6-9H2,1-3H3. The molecule has 3 heteroatoms. The van der Waals surface area contributed by atoms with Gasteiger partial charge in [0, 0.05) is 12.1 Å². The van der Waals surface area contributed by atoms with Crippen LogP contribution in [0, 0.1) is 5.92 Å². The molecule has 1 aliphatic heterocycles. The minimum atomic E-state index is 0.104. The molecule has 0 radical (unpaired) electrons. The van der Waals surface area contributed by atoms with E-state index >= 15 is 0 Å². The fourth-order valence-electron chi connectivity index (χ4n) is 2.14. The second kappa shape index (κ2) is 5.42. The third kappa shape index (κ3) is 2.84. The number of ether oxygens (including phenoxy) is 1. The second-order valence-electron chi connectivity index (χ2n) is 5.26.